The first-order valence-corrected chi connectivity index (χ1v) is 8.93. The van der Waals surface area contributed by atoms with Gasteiger partial charge in [-0.15, -0.1) is 0 Å². The van der Waals surface area contributed by atoms with Crippen LogP contribution in [0.2, 0.25) is 0 Å². The minimum atomic E-state index is -1.07. The van der Waals surface area contributed by atoms with Crippen LogP contribution in [0.3, 0.4) is 0 Å². The third kappa shape index (κ3) is 5.54. The number of rotatable bonds is 7. The van der Waals surface area contributed by atoms with Crippen molar-refractivity contribution in [3.8, 4) is 0 Å². The number of thiophene rings is 1. The van der Waals surface area contributed by atoms with E-state index in [0.717, 1.165) is 16.8 Å². The van der Waals surface area contributed by atoms with Crippen molar-refractivity contribution in [3.05, 3.63) is 52.2 Å². The molecule has 5 nitrogen and oxygen atoms in total. The first-order valence-electron chi connectivity index (χ1n) is 7.99. The lowest BCUT2D eigenvalue weighted by Crippen LogP contribution is -2.43. The Kier molecular flexibility index (Phi) is 6.23. The number of aliphatic hydroxyl groups is 1. The molecule has 0 bridgehead atoms. The lowest BCUT2D eigenvalue weighted by Gasteiger charge is -2.23. The second kappa shape index (κ2) is 8.17. The van der Waals surface area contributed by atoms with Gasteiger partial charge in [0.2, 0.25) is 0 Å². The standard InChI is InChI=1S/C18H25N3O2S/c1-13(2)21-16-6-4-5-14(9-16)10-19-17(22)20-12-18(3,23)15-7-8-24-11-15/h4-9,11,13,21,23H,10,12H2,1-3H3,(H2,19,20,22). The Morgan fingerprint density at radius 1 is 1.29 bits per heavy atom. The van der Waals surface area contributed by atoms with Gasteiger partial charge in [-0.25, -0.2) is 4.79 Å². The van der Waals surface area contributed by atoms with Crippen LogP contribution in [0, 0.1) is 0 Å². The van der Waals surface area contributed by atoms with E-state index in [-0.39, 0.29) is 12.6 Å². The van der Waals surface area contributed by atoms with E-state index in [9.17, 15) is 9.90 Å². The Hall–Kier alpha value is -2.05. The summed E-state index contributed by atoms with van der Waals surface area (Å²) in [6, 6.07) is 9.86. The van der Waals surface area contributed by atoms with Crippen LogP contribution < -0.4 is 16.0 Å². The van der Waals surface area contributed by atoms with Crippen molar-refractivity contribution >= 4 is 23.1 Å². The Morgan fingerprint density at radius 3 is 2.75 bits per heavy atom. The molecule has 0 aliphatic heterocycles. The summed E-state index contributed by atoms with van der Waals surface area (Å²) in [6.07, 6.45) is 0. The van der Waals surface area contributed by atoms with E-state index in [1.165, 1.54) is 11.3 Å². The molecule has 2 rings (SSSR count). The molecular weight excluding hydrogens is 322 g/mol. The first-order chi connectivity index (χ1) is 11.4. The molecule has 2 aromatic rings. The van der Waals surface area contributed by atoms with Gasteiger partial charge in [0.15, 0.2) is 0 Å². The molecular formula is C18H25N3O2S. The summed E-state index contributed by atoms with van der Waals surface area (Å²) < 4.78 is 0. The topological polar surface area (TPSA) is 73.4 Å². The van der Waals surface area contributed by atoms with E-state index in [2.05, 4.69) is 29.8 Å². The van der Waals surface area contributed by atoms with Crippen LogP contribution >= 0.6 is 11.3 Å². The van der Waals surface area contributed by atoms with Gasteiger partial charge >= 0.3 is 6.03 Å². The molecule has 1 aromatic heterocycles. The van der Waals surface area contributed by atoms with Crippen LogP contribution in [0.1, 0.15) is 31.9 Å². The summed E-state index contributed by atoms with van der Waals surface area (Å²) in [4.78, 5) is 11.9. The van der Waals surface area contributed by atoms with Gasteiger partial charge in [-0.3, -0.25) is 0 Å². The molecule has 0 spiro atoms. The maximum absolute atomic E-state index is 11.9. The highest BCUT2D eigenvalue weighted by atomic mass is 32.1. The summed E-state index contributed by atoms with van der Waals surface area (Å²) in [7, 11) is 0. The normalized spacial score (nSPS) is 13.4. The number of hydrogen-bond donors (Lipinski definition) is 4. The lowest BCUT2D eigenvalue weighted by atomic mass is 9.99. The molecule has 4 N–H and O–H groups in total. The number of amides is 2. The highest BCUT2D eigenvalue weighted by Crippen LogP contribution is 2.21. The molecule has 0 radical (unpaired) electrons. The smallest absolute Gasteiger partial charge is 0.315 e. The van der Waals surface area contributed by atoms with E-state index >= 15 is 0 Å². The van der Waals surface area contributed by atoms with E-state index in [1.807, 2.05) is 41.1 Å². The van der Waals surface area contributed by atoms with Gasteiger partial charge in [-0.05, 0) is 60.9 Å². The van der Waals surface area contributed by atoms with Crippen molar-refractivity contribution in [1.82, 2.24) is 10.6 Å². The predicted molar refractivity (Wildman–Crippen MR) is 99.3 cm³/mol. The van der Waals surface area contributed by atoms with Crippen LogP contribution in [-0.4, -0.2) is 23.7 Å². The van der Waals surface area contributed by atoms with Gasteiger partial charge in [0.1, 0.15) is 5.60 Å². The Morgan fingerprint density at radius 2 is 2.08 bits per heavy atom. The SMILES string of the molecule is CC(C)Nc1cccc(CNC(=O)NCC(C)(O)c2ccsc2)c1. The molecule has 0 saturated carbocycles. The zero-order chi connectivity index (χ0) is 17.6. The van der Waals surface area contributed by atoms with Crippen LogP contribution in [0.15, 0.2) is 41.1 Å². The molecule has 1 aromatic carbocycles. The largest absolute Gasteiger partial charge is 0.384 e. The molecule has 1 heterocycles. The minimum absolute atomic E-state index is 0.157. The highest BCUT2D eigenvalue weighted by molar-refractivity contribution is 7.08. The van der Waals surface area contributed by atoms with Crippen molar-refractivity contribution in [1.29, 1.82) is 0 Å². The highest BCUT2D eigenvalue weighted by Gasteiger charge is 2.24. The predicted octanol–water partition coefficient (Wildman–Crippen LogP) is 3.28. The molecule has 1 atom stereocenters. The summed E-state index contributed by atoms with van der Waals surface area (Å²) in [5, 5.41) is 23.0. The van der Waals surface area contributed by atoms with Crippen molar-refractivity contribution in [2.45, 2.75) is 39.0 Å². The van der Waals surface area contributed by atoms with E-state index in [4.69, 9.17) is 0 Å². The number of carbonyl (C=O) groups excluding carboxylic acids is 1. The molecule has 130 valence electrons. The fraction of sp³-hybridized carbons (Fsp3) is 0.389. The molecule has 2 amide bonds. The molecule has 0 fully saturated rings. The third-order valence-electron chi connectivity index (χ3n) is 3.57. The number of urea groups is 1. The summed E-state index contributed by atoms with van der Waals surface area (Å²) in [6.45, 7) is 6.44. The number of anilines is 1. The number of carbonyl (C=O) groups is 1. The van der Waals surface area contributed by atoms with E-state index in [0.29, 0.717) is 12.6 Å². The van der Waals surface area contributed by atoms with Crippen LogP contribution in [0.25, 0.3) is 0 Å². The van der Waals surface area contributed by atoms with Crippen molar-refractivity contribution < 1.29 is 9.90 Å². The van der Waals surface area contributed by atoms with Crippen molar-refractivity contribution in [2.75, 3.05) is 11.9 Å². The zero-order valence-corrected chi connectivity index (χ0v) is 15.1. The van der Waals surface area contributed by atoms with Gasteiger partial charge in [-0.2, -0.15) is 11.3 Å². The van der Waals surface area contributed by atoms with Crippen LogP contribution in [0.5, 0.6) is 0 Å². The van der Waals surface area contributed by atoms with Crippen LogP contribution in [0.4, 0.5) is 10.5 Å². The van der Waals surface area contributed by atoms with Gasteiger partial charge < -0.3 is 21.1 Å². The molecule has 1 unspecified atom stereocenters. The molecule has 0 aliphatic rings. The van der Waals surface area contributed by atoms with Gasteiger partial charge in [-0.1, -0.05) is 12.1 Å². The maximum atomic E-state index is 11.9. The average molecular weight is 347 g/mol. The average Bonchev–Trinajstić information content (AvgIpc) is 3.06. The number of benzene rings is 1. The minimum Gasteiger partial charge on any atom is -0.384 e. The van der Waals surface area contributed by atoms with E-state index in [1.54, 1.807) is 6.92 Å². The monoisotopic (exact) mass is 347 g/mol. The van der Waals surface area contributed by atoms with Gasteiger partial charge in [0.05, 0.1) is 6.54 Å². The second-order valence-electron chi connectivity index (χ2n) is 6.32. The Balaban J connectivity index is 1.81. The molecule has 6 heteroatoms. The zero-order valence-electron chi connectivity index (χ0n) is 14.3. The Bertz CT molecular complexity index is 654. The molecule has 0 aliphatic carbocycles. The van der Waals surface area contributed by atoms with Crippen LogP contribution in [-0.2, 0) is 12.1 Å². The number of hydrogen-bond acceptors (Lipinski definition) is 4. The van der Waals surface area contributed by atoms with Crippen molar-refractivity contribution in [2.24, 2.45) is 0 Å². The molecule has 24 heavy (non-hydrogen) atoms. The Labute approximate surface area is 147 Å². The lowest BCUT2D eigenvalue weighted by molar-refractivity contribution is 0.0598. The fourth-order valence-electron chi connectivity index (χ4n) is 2.27. The van der Waals surface area contributed by atoms with Gasteiger partial charge in [0, 0.05) is 18.3 Å². The number of nitrogens with one attached hydrogen (secondary N) is 3. The second-order valence-corrected chi connectivity index (χ2v) is 7.10. The quantitative estimate of drug-likeness (QED) is 0.621. The summed E-state index contributed by atoms with van der Waals surface area (Å²) in [5.74, 6) is 0. The summed E-state index contributed by atoms with van der Waals surface area (Å²) >= 11 is 1.52. The van der Waals surface area contributed by atoms with Crippen molar-refractivity contribution in [3.63, 3.8) is 0 Å². The third-order valence-corrected chi connectivity index (χ3v) is 4.25. The van der Waals surface area contributed by atoms with Gasteiger partial charge in [0.25, 0.3) is 0 Å². The molecule has 0 saturated heterocycles. The first kappa shape index (κ1) is 18.3. The van der Waals surface area contributed by atoms with E-state index < -0.39 is 5.60 Å². The summed E-state index contributed by atoms with van der Waals surface area (Å²) in [5.41, 5.74) is 1.78. The fourth-order valence-corrected chi connectivity index (χ4v) is 3.06. The maximum Gasteiger partial charge on any atom is 0.315 e.